The van der Waals surface area contributed by atoms with Crippen LogP contribution in [-0.2, 0) is 36.6 Å². The lowest BCUT2D eigenvalue weighted by Gasteiger charge is -2.15. The molecule has 0 atom stereocenters. The number of benzene rings is 1. The van der Waals surface area contributed by atoms with E-state index >= 15 is 0 Å². The fraction of sp³-hybridized carbons (Fsp3) is 0.389. The number of rotatable bonds is 9. The molecule has 2 heterocycles. The molecule has 1 aliphatic rings. The minimum Gasteiger partial charge on any atom is -0.456 e. The van der Waals surface area contributed by atoms with E-state index < -0.39 is 45.0 Å². The van der Waals surface area contributed by atoms with E-state index in [1.807, 2.05) is 0 Å². The molecule has 0 bridgehead atoms. The Morgan fingerprint density at radius 3 is 2.29 bits per heavy atom. The topological polar surface area (TPSA) is 145 Å². The predicted molar refractivity (Wildman–Crippen MR) is 108 cm³/mol. The highest BCUT2D eigenvalue weighted by molar-refractivity contribution is 7.89. The van der Waals surface area contributed by atoms with Gasteiger partial charge in [0.05, 0.1) is 11.1 Å². The van der Waals surface area contributed by atoms with E-state index in [-0.39, 0.29) is 15.4 Å². The third-order valence-electron chi connectivity index (χ3n) is 4.64. The van der Waals surface area contributed by atoms with Crippen LogP contribution in [0.1, 0.15) is 23.2 Å². The maximum Gasteiger partial charge on any atom is 0.321 e. The summed E-state index contributed by atoms with van der Waals surface area (Å²) in [5.74, 6) is -1.48. The van der Waals surface area contributed by atoms with E-state index in [0.29, 0.717) is 13.1 Å². The van der Waals surface area contributed by atoms with Crippen LogP contribution in [0.25, 0.3) is 0 Å². The van der Waals surface area contributed by atoms with Crippen molar-refractivity contribution in [1.82, 2.24) is 18.8 Å². The van der Waals surface area contributed by atoms with E-state index in [1.54, 1.807) is 7.05 Å². The second kappa shape index (κ2) is 9.26. The summed E-state index contributed by atoms with van der Waals surface area (Å²) in [6, 6.07) is 5.38. The molecule has 2 aromatic rings. The predicted octanol–water partition coefficient (Wildman–Crippen LogP) is -0.0910. The van der Waals surface area contributed by atoms with Crippen LogP contribution < -0.4 is 4.72 Å². The minimum absolute atomic E-state index is 0.0905. The molecule has 1 aromatic heterocycles. The summed E-state index contributed by atoms with van der Waals surface area (Å²) in [5, 5.41) is 3.74. The summed E-state index contributed by atoms with van der Waals surface area (Å²) in [4.78, 5) is 24.0. The number of nitrogens with one attached hydrogen (secondary N) is 1. The van der Waals surface area contributed by atoms with Crippen LogP contribution in [0, 0.1) is 0 Å². The fourth-order valence-corrected chi connectivity index (χ4v) is 5.41. The third kappa shape index (κ3) is 5.55. The number of aryl methyl sites for hydroxylation is 1. The third-order valence-corrected chi connectivity index (χ3v) is 7.91. The maximum absolute atomic E-state index is 12.5. The number of nitrogens with zero attached hydrogens (tertiary/aromatic N) is 3. The van der Waals surface area contributed by atoms with Crippen LogP contribution >= 0.6 is 0 Å². The first-order chi connectivity index (χ1) is 14.6. The Labute approximate surface area is 180 Å². The van der Waals surface area contributed by atoms with E-state index in [4.69, 9.17) is 4.74 Å². The SMILES string of the molecule is Cn1cc(S(=O)(=O)NCC(=O)OCC(=O)c2ccc(S(=O)(=O)N3CCCC3)cc2)cn1. The van der Waals surface area contributed by atoms with Crippen LogP contribution in [0.4, 0.5) is 0 Å². The molecular weight excluding hydrogens is 448 g/mol. The molecule has 0 amide bonds. The van der Waals surface area contributed by atoms with Gasteiger partial charge in [-0.1, -0.05) is 0 Å². The number of carbonyl (C=O) groups excluding carboxylic acids is 2. The molecule has 0 unspecified atom stereocenters. The molecule has 0 aliphatic carbocycles. The highest BCUT2D eigenvalue weighted by atomic mass is 32.2. The molecule has 11 nitrogen and oxygen atoms in total. The molecule has 1 saturated heterocycles. The summed E-state index contributed by atoms with van der Waals surface area (Å²) in [6.45, 7) is -0.309. The lowest BCUT2D eigenvalue weighted by atomic mass is 10.1. The van der Waals surface area contributed by atoms with Crippen LogP contribution in [0.3, 0.4) is 0 Å². The van der Waals surface area contributed by atoms with E-state index in [0.717, 1.165) is 19.0 Å². The Hall–Kier alpha value is -2.61. The maximum atomic E-state index is 12.5. The van der Waals surface area contributed by atoms with Gasteiger partial charge in [0, 0.05) is 31.9 Å². The molecule has 0 spiro atoms. The number of carbonyl (C=O) groups is 2. The first-order valence-corrected chi connectivity index (χ1v) is 12.3. The monoisotopic (exact) mass is 470 g/mol. The number of aromatic nitrogens is 2. The largest absolute Gasteiger partial charge is 0.456 e. The molecule has 3 rings (SSSR count). The van der Waals surface area contributed by atoms with E-state index in [1.165, 1.54) is 39.4 Å². The van der Waals surface area contributed by atoms with Crippen molar-refractivity contribution in [2.75, 3.05) is 26.2 Å². The number of ether oxygens (including phenoxy) is 1. The zero-order valence-electron chi connectivity index (χ0n) is 16.7. The number of hydrogen-bond acceptors (Lipinski definition) is 8. The van der Waals surface area contributed by atoms with Gasteiger partial charge in [-0.15, -0.1) is 0 Å². The minimum atomic E-state index is -3.93. The van der Waals surface area contributed by atoms with Gasteiger partial charge in [0.15, 0.2) is 12.4 Å². The molecular formula is C18H22N4O7S2. The summed E-state index contributed by atoms with van der Waals surface area (Å²) in [5.41, 5.74) is 0.170. The summed E-state index contributed by atoms with van der Waals surface area (Å²) >= 11 is 0. The molecule has 1 N–H and O–H groups in total. The smallest absolute Gasteiger partial charge is 0.321 e. The van der Waals surface area contributed by atoms with Crippen LogP contribution in [0.15, 0.2) is 46.5 Å². The van der Waals surface area contributed by atoms with Crippen molar-refractivity contribution in [1.29, 1.82) is 0 Å². The molecule has 168 valence electrons. The first-order valence-electron chi connectivity index (χ1n) is 9.37. The molecule has 1 fully saturated rings. The Morgan fingerprint density at radius 2 is 1.71 bits per heavy atom. The lowest BCUT2D eigenvalue weighted by Crippen LogP contribution is -2.31. The lowest BCUT2D eigenvalue weighted by molar-refractivity contribution is -0.141. The van der Waals surface area contributed by atoms with Crippen LogP contribution in [0.2, 0.25) is 0 Å². The molecule has 0 radical (unpaired) electrons. The summed E-state index contributed by atoms with van der Waals surface area (Å²) < 4.78 is 58.6. The van der Waals surface area contributed by atoms with Crippen LogP contribution in [-0.4, -0.2) is 68.9 Å². The van der Waals surface area contributed by atoms with Gasteiger partial charge in [-0.05, 0) is 37.1 Å². The van der Waals surface area contributed by atoms with Gasteiger partial charge >= 0.3 is 5.97 Å². The number of ketones is 1. The summed E-state index contributed by atoms with van der Waals surface area (Å²) in [7, 11) is -5.97. The number of Topliss-reactive ketones (excluding diaryl/α,β-unsaturated/α-hetero) is 1. The van der Waals surface area contributed by atoms with Crippen molar-refractivity contribution in [3.63, 3.8) is 0 Å². The second-order valence-electron chi connectivity index (χ2n) is 6.89. The zero-order valence-corrected chi connectivity index (χ0v) is 18.4. The Kier molecular flexibility index (Phi) is 6.89. The van der Waals surface area contributed by atoms with Crippen molar-refractivity contribution in [3.8, 4) is 0 Å². The van der Waals surface area contributed by atoms with Gasteiger partial charge in [-0.3, -0.25) is 14.3 Å². The standard InChI is InChI=1S/C18H22N4O7S2/c1-21-12-16(10-19-21)30(25,26)20-11-18(24)29-13-17(23)14-4-6-15(7-5-14)31(27,28)22-8-2-3-9-22/h4-7,10,12,20H,2-3,8-9,11,13H2,1H3. The molecule has 31 heavy (non-hydrogen) atoms. The Morgan fingerprint density at radius 1 is 1.06 bits per heavy atom. The Bertz CT molecular complexity index is 1170. The van der Waals surface area contributed by atoms with Gasteiger partial charge in [-0.25, -0.2) is 16.8 Å². The highest BCUT2D eigenvalue weighted by Gasteiger charge is 2.27. The molecule has 0 saturated carbocycles. The Balaban J connectivity index is 1.51. The van der Waals surface area contributed by atoms with Gasteiger partial charge in [0.2, 0.25) is 20.0 Å². The van der Waals surface area contributed by atoms with Gasteiger partial charge in [0.25, 0.3) is 0 Å². The van der Waals surface area contributed by atoms with Crippen molar-refractivity contribution < 1.29 is 31.2 Å². The highest BCUT2D eigenvalue weighted by Crippen LogP contribution is 2.21. The summed E-state index contributed by atoms with van der Waals surface area (Å²) in [6.07, 6.45) is 4.04. The normalized spacial score (nSPS) is 15.1. The van der Waals surface area contributed by atoms with E-state index in [9.17, 15) is 26.4 Å². The van der Waals surface area contributed by atoms with Crippen molar-refractivity contribution in [2.45, 2.75) is 22.6 Å². The second-order valence-corrected chi connectivity index (χ2v) is 10.6. The molecule has 1 aromatic carbocycles. The number of esters is 1. The van der Waals surface area contributed by atoms with Crippen molar-refractivity contribution in [2.24, 2.45) is 7.05 Å². The molecule has 13 heteroatoms. The average molecular weight is 471 g/mol. The fourth-order valence-electron chi connectivity index (χ4n) is 2.95. The molecule has 1 aliphatic heterocycles. The van der Waals surface area contributed by atoms with Crippen molar-refractivity contribution in [3.05, 3.63) is 42.2 Å². The number of sulfonamides is 2. The zero-order chi connectivity index (χ0) is 22.6. The van der Waals surface area contributed by atoms with Gasteiger partial charge in [-0.2, -0.15) is 14.1 Å². The quantitative estimate of drug-likeness (QED) is 0.395. The van der Waals surface area contributed by atoms with Gasteiger partial charge in [0.1, 0.15) is 11.4 Å². The van der Waals surface area contributed by atoms with E-state index in [2.05, 4.69) is 9.82 Å². The number of hydrogen-bond donors (Lipinski definition) is 1. The van der Waals surface area contributed by atoms with Crippen molar-refractivity contribution >= 4 is 31.8 Å². The average Bonchev–Trinajstić information content (AvgIpc) is 3.43. The first kappa shape index (κ1) is 23.1. The van der Waals surface area contributed by atoms with Gasteiger partial charge < -0.3 is 4.74 Å². The van der Waals surface area contributed by atoms with Crippen LogP contribution in [0.5, 0.6) is 0 Å².